The molecule has 84 valence electrons. The number of carbonyl (C=O) groups is 1. The molecule has 0 aliphatic carbocycles. The number of aryl methyl sites for hydroxylation is 1. The van der Waals surface area contributed by atoms with Gasteiger partial charge in [-0.1, -0.05) is 6.92 Å². The number of rotatable bonds is 3. The SMILES string of the molecule is CCc1cc(I)cc(CC(=O)OC)c1C#N. The zero-order valence-corrected chi connectivity index (χ0v) is 11.4. The average molecular weight is 329 g/mol. The van der Waals surface area contributed by atoms with E-state index in [1.54, 1.807) is 0 Å². The van der Waals surface area contributed by atoms with E-state index >= 15 is 0 Å². The predicted molar refractivity (Wildman–Crippen MR) is 69.0 cm³/mol. The second-order valence-electron chi connectivity index (χ2n) is 3.32. The van der Waals surface area contributed by atoms with Crippen molar-refractivity contribution in [1.82, 2.24) is 0 Å². The van der Waals surface area contributed by atoms with E-state index in [-0.39, 0.29) is 12.4 Å². The normalized spacial score (nSPS) is 9.62. The van der Waals surface area contributed by atoms with Crippen LogP contribution < -0.4 is 0 Å². The predicted octanol–water partition coefficient (Wildman–Crippen LogP) is 2.44. The minimum absolute atomic E-state index is 0.156. The van der Waals surface area contributed by atoms with Crippen molar-refractivity contribution in [2.75, 3.05) is 7.11 Å². The maximum absolute atomic E-state index is 11.2. The number of nitrogens with zero attached hydrogens (tertiary/aromatic N) is 1. The zero-order valence-electron chi connectivity index (χ0n) is 9.21. The Morgan fingerprint density at radius 1 is 1.50 bits per heavy atom. The summed E-state index contributed by atoms with van der Waals surface area (Å²) in [6.07, 6.45) is 0.942. The van der Waals surface area contributed by atoms with Crippen molar-refractivity contribution in [3.05, 3.63) is 32.4 Å². The maximum atomic E-state index is 11.2. The fourth-order valence-electron chi connectivity index (χ4n) is 1.51. The Morgan fingerprint density at radius 3 is 2.62 bits per heavy atom. The quantitative estimate of drug-likeness (QED) is 0.632. The number of ether oxygens (including phenoxy) is 1. The summed E-state index contributed by atoms with van der Waals surface area (Å²) in [6, 6.07) is 5.99. The van der Waals surface area contributed by atoms with E-state index in [2.05, 4.69) is 33.4 Å². The van der Waals surface area contributed by atoms with E-state index in [9.17, 15) is 4.79 Å². The van der Waals surface area contributed by atoms with Gasteiger partial charge in [-0.3, -0.25) is 4.79 Å². The molecule has 0 bridgehead atoms. The van der Waals surface area contributed by atoms with Gasteiger partial charge in [0.1, 0.15) is 0 Å². The summed E-state index contributed by atoms with van der Waals surface area (Å²) in [7, 11) is 1.35. The van der Waals surface area contributed by atoms with Gasteiger partial charge in [-0.15, -0.1) is 0 Å². The van der Waals surface area contributed by atoms with Crippen LogP contribution in [0.2, 0.25) is 0 Å². The van der Waals surface area contributed by atoms with Gasteiger partial charge in [0.25, 0.3) is 0 Å². The van der Waals surface area contributed by atoms with E-state index in [1.807, 2.05) is 19.1 Å². The second kappa shape index (κ2) is 5.85. The highest BCUT2D eigenvalue weighted by Gasteiger charge is 2.12. The Labute approximate surface area is 109 Å². The van der Waals surface area contributed by atoms with E-state index < -0.39 is 0 Å². The molecule has 1 aromatic rings. The van der Waals surface area contributed by atoms with E-state index in [0.29, 0.717) is 5.56 Å². The highest BCUT2D eigenvalue weighted by molar-refractivity contribution is 14.1. The van der Waals surface area contributed by atoms with Crippen molar-refractivity contribution < 1.29 is 9.53 Å². The van der Waals surface area contributed by atoms with Crippen LogP contribution in [0.1, 0.15) is 23.6 Å². The van der Waals surface area contributed by atoms with Crippen LogP contribution in [0.15, 0.2) is 12.1 Å². The number of nitriles is 1. The first kappa shape index (κ1) is 13.0. The van der Waals surface area contributed by atoms with Crippen molar-refractivity contribution in [2.45, 2.75) is 19.8 Å². The standard InChI is InChI=1S/C12H12INO2/c1-3-8-4-10(13)5-9(11(8)7-14)6-12(15)16-2/h4-5H,3,6H2,1-2H3. The third kappa shape index (κ3) is 2.95. The first-order valence-electron chi connectivity index (χ1n) is 4.90. The lowest BCUT2D eigenvalue weighted by atomic mass is 9.98. The molecule has 0 aromatic heterocycles. The van der Waals surface area contributed by atoms with Crippen LogP contribution in [0, 0.1) is 14.9 Å². The molecular formula is C12H12INO2. The largest absolute Gasteiger partial charge is 0.469 e. The second-order valence-corrected chi connectivity index (χ2v) is 4.56. The molecule has 0 aliphatic heterocycles. The first-order chi connectivity index (χ1) is 7.62. The molecule has 0 saturated carbocycles. The molecule has 0 amide bonds. The third-order valence-electron chi connectivity index (χ3n) is 2.32. The average Bonchev–Trinajstić information content (AvgIpc) is 2.28. The number of carbonyl (C=O) groups excluding carboxylic acids is 1. The highest BCUT2D eigenvalue weighted by Crippen LogP contribution is 2.20. The molecule has 0 atom stereocenters. The van der Waals surface area contributed by atoms with Crippen molar-refractivity contribution >= 4 is 28.6 Å². The van der Waals surface area contributed by atoms with E-state index in [4.69, 9.17) is 5.26 Å². The van der Waals surface area contributed by atoms with Crippen molar-refractivity contribution in [3.63, 3.8) is 0 Å². The van der Waals surface area contributed by atoms with Crippen LogP contribution >= 0.6 is 22.6 Å². The summed E-state index contributed by atoms with van der Waals surface area (Å²) in [5.74, 6) is -0.319. The topological polar surface area (TPSA) is 50.1 Å². The first-order valence-corrected chi connectivity index (χ1v) is 5.98. The molecule has 0 heterocycles. The summed E-state index contributed by atoms with van der Waals surface area (Å²) in [5.41, 5.74) is 2.33. The lowest BCUT2D eigenvalue weighted by molar-refractivity contribution is -0.139. The van der Waals surface area contributed by atoms with Crippen LogP contribution in [0.3, 0.4) is 0 Å². The third-order valence-corrected chi connectivity index (χ3v) is 2.94. The molecular weight excluding hydrogens is 317 g/mol. The molecule has 1 rings (SSSR count). The summed E-state index contributed by atoms with van der Waals surface area (Å²) in [6.45, 7) is 1.99. The van der Waals surface area contributed by atoms with Crippen LogP contribution in [0.25, 0.3) is 0 Å². The Morgan fingerprint density at radius 2 is 2.12 bits per heavy atom. The lowest BCUT2D eigenvalue weighted by Gasteiger charge is -2.08. The Balaban J connectivity index is 3.21. The summed E-state index contributed by atoms with van der Waals surface area (Å²) >= 11 is 2.18. The van der Waals surface area contributed by atoms with Crippen LogP contribution in [0.5, 0.6) is 0 Å². The maximum Gasteiger partial charge on any atom is 0.310 e. The highest BCUT2D eigenvalue weighted by atomic mass is 127. The Kier molecular flexibility index (Phi) is 4.74. The number of hydrogen-bond donors (Lipinski definition) is 0. The molecule has 3 nitrogen and oxygen atoms in total. The lowest BCUT2D eigenvalue weighted by Crippen LogP contribution is -2.07. The molecule has 0 aliphatic rings. The molecule has 1 aromatic carbocycles. The van der Waals surface area contributed by atoms with Gasteiger partial charge in [0, 0.05) is 3.57 Å². The Hall–Kier alpha value is -1.09. The van der Waals surface area contributed by atoms with Gasteiger partial charge in [0.2, 0.25) is 0 Å². The van der Waals surface area contributed by atoms with Crippen molar-refractivity contribution in [2.24, 2.45) is 0 Å². The molecule has 0 N–H and O–H groups in total. The molecule has 4 heteroatoms. The van der Waals surface area contributed by atoms with E-state index in [0.717, 1.165) is 21.1 Å². The molecule has 0 radical (unpaired) electrons. The minimum Gasteiger partial charge on any atom is -0.469 e. The molecule has 0 unspecified atom stereocenters. The number of methoxy groups -OCH3 is 1. The zero-order chi connectivity index (χ0) is 12.1. The summed E-state index contributed by atoms with van der Waals surface area (Å²) in [5, 5.41) is 9.10. The number of hydrogen-bond acceptors (Lipinski definition) is 3. The fourth-order valence-corrected chi connectivity index (χ4v) is 2.27. The van der Waals surface area contributed by atoms with Gasteiger partial charge in [-0.25, -0.2) is 0 Å². The molecule has 0 fully saturated rings. The van der Waals surface area contributed by atoms with Gasteiger partial charge in [0.15, 0.2) is 0 Å². The van der Waals surface area contributed by atoms with Crippen LogP contribution in [-0.4, -0.2) is 13.1 Å². The number of esters is 1. The summed E-state index contributed by atoms with van der Waals surface area (Å²) < 4.78 is 5.65. The van der Waals surface area contributed by atoms with Crippen molar-refractivity contribution in [1.29, 1.82) is 5.26 Å². The van der Waals surface area contributed by atoms with Gasteiger partial charge in [-0.05, 0) is 52.3 Å². The van der Waals surface area contributed by atoms with E-state index in [1.165, 1.54) is 7.11 Å². The van der Waals surface area contributed by atoms with Crippen LogP contribution in [0.4, 0.5) is 0 Å². The van der Waals surface area contributed by atoms with Gasteiger partial charge in [0.05, 0.1) is 25.2 Å². The molecule has 16 heavy (non-hydrogen) atoms. The van der Waals surface area contributed by atoms with Gasteiger partial charge >= 0.3 is 5.97 Å². The smallest absolute Gasteiger partial charge is 0.310 e. The number of benzene rings is 1. The number of halogens is 1. The van der Waals surface area contributed by atoms with Crippen LogP contribution in [-0.2, 0) is 22.4 Å². The fraction of sp³-hybridized carbons (Fsp3) is 0.333. The summed E-state index contributed by atoms with van der Waals surface area (Å²) in [4.78, 5) is 11.2. The molecule has 0 spiro atoms. The molecule has 0 saturated heterocycles. The minimum atomic E-state index is -0.319. The van der Waals surface area contributed by atoms with Gasteiger partial charge < -0.3 is 4.74 Å². The Bertz CT molecular complexity index is 449. The van der Waals surface area contributed by atoms with Crippen molar-refractivity contribution in [3.8, 4) is 6.07 Å². The monoisotopic (exact) mass is 329 g/mol. The van der Waals surface area contributed by atoms with Gasteiger partial charge in [-0.2, -0.15) is 5.26 Å².